The largest absolute Gasteiger partial charge is 0.336 e. The minimum absolute atomic E-state index is 0.0447. The molecule has 7 heteroatoms. The summed E-state index contributed by atoms with van der Waals surface area (Å²) in [5, 5.41) is 1.21. The summed E-state index contributed by atoms with van der Waals surface area (Å²) in [5.74, 6) is 0.308. The topological polar surface area (TPSA) is 68.1 Å². The quantitative estimate of drug-likeness (QED) is 0.487. The number of hydrogen-bond acceptors (Lipinski definition) is 5. The molecule has 1 aromatic carbocycles. The number of carbonyl (C=O) groups is 1. The van der Waals surface area contributed by atoms with Crippen LogP contribution in [0.25, 0.3) is 20.5 Å². The van der Waals surface area contributed by atoms with E-state index in [4.69, 9.17) is 0 Å². The normalized spacial score (nSPS) is 19.9. The van der Waals surface area contributed by atoms with Crippen LogP contribution < -0.4 is 5.56 Å². The zero-order valence-corrected chi connectivity index (χ0v) is 17.6. The summed E-state index contributed by atoms with van der Waals surface area (Å²) >= 11 is 1.75. The lowest BCUT2D eigenvalue weighted by Gasteiger charge is -2.43. The second-order valence-electron chi connectivity index (χ2n) is 8.33. The van der Waals surface area contributed by atoms with Crippen molar-refractivity contribution in [2.24, 2.45) is 5.92 Å². The molecule has 2 atom stereocenters. The molecule has 1 fully saturated rings. The molecule has 0 aliphatic carbocycles. The summed E-state index contributed by atoms with van der Waals surface area (Å²) < 4.78 is 3.18. The van der Waals surface area contributed by atoms with E-state index in [1.807, 2.05) is 21.6 Å². The van der Waals surface area contributed by atoms with Gasteiger partial charge in [0, 0.05) is 64.8 Å². The number of rotatable bonds is 2. The fraction of sp³-hybridized carbons (Fsp3) is 0.250. The van der Waals surface area contributed by atoms with Crippen LogP contribution in [0.1, 0.15) is 28.5 Å². The van der Waals surface area contributed by atoms with Crippen LogP contribution in [-0.4, -0.2) is 38.4 Å². The number of thiophene rings is 1. The van der Waals surface area contributed by atoms with E-state index in [-0.39, 0.29) is 23.3 Å². The molecule has 1 amide bonds. The first kappa shape index (κ1) is 18.4. The van der Waals surface area contributed by atoms with Crippen molar-refractivity contribution in [3.8, 4) is 10.4 Å². The molecule has 0 unspecified atom stereocenters. The first-order valence-corrected chi connectivity index (χ1v) is 11.3. The van der Waals surface area contributed by atoms with Crippen LogP contribution in [0, 0.1) is 5.92 Å². The summed E-state index contributed by atoms with van der Waals surface area (Å²) in [5.41, 5.74) is 2.59. The molecule has 4 aromatic rings. The first-order valence-electron chi connectivity index (χ1n) is 10.5. The van der Waals surface area contributed by atoms with Gasteiger partial charge in [-0.2, -0.15) is 0 Å². The van der Waals surface area contributed by atoms with E-state index < -0.39 is 0 Å². The van der Waals surface area contributed by atoms with E-state index in [1.54, 1.807) is 29.8 Å². The van der Waals surface area contributed by atoms with Crippen molar-refractivity contribution < 1.29 is 4.79 Å². The molecular weight excluding hydrogens is 408 g/mol. The van der Waals surface area contributed by atoms with E-state index in [1.165, 1.54) is 21.2 Å². The van der Waals surface area contributed by atoms with E-state index >= 15 is 0 Å². The Labute approximate surface area is 182 Å². The van der Waals surface area contributed by atoms with Gasteiger partial charge in [-0.1, -0.05) is 18.2 Å². The number of amides is 1. The summed E-state index contributed by atoms with van der Waals surface area (Å²) in [6.07, 6.45) is 5.63. The van der Waals surface area contributed by atoms with Crippen LogP contribution in [-0.2, 0) is 6.54 Å². The van der Waals surface area contributed by atoms with Crippen molar-refractivity contribution in [3.05, 3.63) is 82.8 Å². The Balaban J connectivity index is 1.43. The average Bonchev–Trinajstić information content (AvgIpc) is 3.24. The number of benzene rings is 1. The number of pyridine rings is 1. The number of likely N-dealkylation sites (tertiary alicyclic amines) is 1. The zero-order valence-electron chi connectivity index (χ0n) is 16.8. The zero-order chi connectivity index (χ0) is 20.9. The van der Waals surface area contributed by atoms with E-state index in [2.05, 4.69) is 34.2 Å². The number of nitrogens with zero attached hydrogens (tertiary/aromatic N) is 4. The summed E-state index contributed by atoms with van der Waals surface area (Å²) in [6, 6.07) is 14.2. The van der Waals surface area contributed by atoms with Crippen LogP contribution in [0.3, 0.4) is 0 Å². The molecule has 2 aliphatic rings. The minimum atomic E-state index is -0.0852. The lowest BCUT2D eigenvalue weighted by molar-refractivity contribution is 0.0589. The van der Waals surface area contributed by atoms with Gasteiger partial charge in [0.15, 0.2) is 0 Å². The van der Waals surface area contributed by atoms with Crippen molar-refractivity contribution in [1.29, 1.82) is 0 Å². The third kappa shape index (κ3) is 3.08. The van der Waals surface area contributed by atoms with Gasteiger partial charge in [0.2, 0.25) is 0 Å². The molecule has 0 radical (unpaired) electrons. The van der Waals surface area contributed by atoms with Gasteiger partial charge in [-0.05, 0) is 35.9 Å². The van der Waals surface area contributed by atoms with E-state index in [0.717, 1.165) is 17.7 Å². The Morgan fingerprint density at radius 1 is 1.06 bits per heavy atom. The molecule has 5 heterocycles. The monoisotopic (exact) mass is 428 g/mol. The fourth-order valence-electron chi connectivity index (χ4n) is 5.08. The Morgan fingerprint density at radius 2 is 1.97 bits per heavy atom. The third-order valence-electron chi connectivity index (χ3n) is 6.35. The number of hydrogen-bond donors (Lipinski definition) is 0. The molecule has 2 bridgehead atoms. The molecule has 0 N–H and O–H groups in total. The Hall–Kier alpha value is -3.32. The second kappa shape index (κ2) is 7.13. The molecule has 3 aromatic heterocycles. The molecule has 1 saturated heterocycles. The smallest absolute Gasteiger partial charge is 0.274 e. The van der Waals surface area contributed by atoms with E-state index in [0.29, 0.717) is 25.3 Å². The Bertz CT molecular complexity index is 1330. The van der Waals surface area contributed by atoms with Crippen LogP contribution in [0.2, 0.25) is 0 Å². The third-order valence-corrected chi connectivity index (χ3v) is 7.50. The van der Waals surface area contributed by atoms with Gasteiger partial charge in [0.25, 0.3) is 11.5 Å². The van der Waals surface area contributed by atoms with Crippen LogP contribution in [0.4, 0.5) is 0 Å². The second-order valence-corrected chi connectivity index (χ2v) is 9.41. The van der Waals surface area contributed by atoms with Crippen LogP contribution >= 0.6 is 11.3 Å². The molecular formula is C24H20N4O2S. The van der Waals surface area contributed by atoms with Gasteiger partial charge >= 0.3 is 0 Å². The maximum absolute atomic E-state index is 13.0. The number of aromatic nitrogens is 3. The molecule has 31 heavy (non-hydrogen) atoms. The predicted molar refractivity (Wildman–Crippen MR) is 120 cm³/mol. The summed E-state index contributed by atoms with van der Waals surface area (Å²) in [4.78, 5) is 37.1. The number of piperidine rings is 1. The molecule has 6 nitrogen and oxygen atoms in total. The van der Waals surface area contributed by atoms with Gasteiger partial charge in [-0.15, -0.1) is 11.3 Å². The average molecular weight is 429 g/mol. The molecule has 0 spiro atoms. The summed E-state index contributed by atoms with van der Waals surface area (Å²) in [6.45, 7) is 1.88. The highest BCUT2D eigenvalue weighted by atomic mass is 32.1. The number of fused-ring (bicyclic) bond motifs is 5. The van der Waals surface area contributed by atoms with E-state index in [9.17, 15) is 9.59 Å². The molecule has 6 rings (SSSR count). The van der Waals surface area contributed by atoms with Gasteiger partial charge in [0.1, 0.15) is 5.69 Å². The minimum Gasteiger partial charge on any atom is -0.336 e. The Morgan fingerprint density at radius 3 is 2.81 bits per heavy atom. The van der Waals surface area contributed by atoms with Crippen LogP contribution in [0.15, 0.2) is 65.8 Å². The molecule has 154 valence electrons. The highest BCUT2D eigenvalue weighted by molar-refractivity contribution is 7.22. The van der Waals surface area contributed by atoms with Crippen molar-refractivity contribution >= 4 is 27.3 Å². The van der Waals surface area contributed by atoms with Crippen molar-refractivity contribution in [3.63, 3.8) is 0 Å². The standard InChI is InChI=1S/C24H20N4O2S/c29-22-6-5-18(21-10-16-3-1-2-4-20(16)31-21)23-17-9-15(13-28(22)23)12-27(14-17)24(30)19-11-25-7-8-26-19/h1-8,10-11,15,17H,9,12-14H2/t15-,17+/m0/s1. The van der Waals surface area contributed by atoms with Crippen molar-refractivity contribution in [2.45, 2.75) is 18.9 Å². The fourth-order valence-corrected chi connectivity index (χ4v) is 6.17. The predicted octanol–water partition coefficient (Wildman–Crippen LogP) is 3.78. The van der Waals surface area contributed by atoms with Crippen LogP contribution in [0.5, 0.6) is 0 Å². The van der Waals surface area contributed by atoms with Crippen molar-refractivity contribution in [1.82, 2.24) is 19.4 Å². The lowest BCUT2D eigenvalue weighted by atomic mass is 9.81. The summed E-state index contributed by atoms with van der Waals surface area (Å²) in [7, 11) is 0. The lowest BCUT2D eigenvalue weighted by Crippen LogP contribution is -2.49. The number of carbonyl (C=O) groups excluding carboxylic acids is 1. The SMILES string of the molecule is O=C(c1cnccn1)N1C[C@@H]2C[C@H](C1)c1c(-c3cc4ccccc4s3)ccc(=O)n1C2. The van der Waals surface area contributed by atoms with Gasteiger partial charge in [-0.25, -0.2) is 4.98 Å². The highest BCUT2D eigenvalue weighted by Crippen LogP contribution is 2.42. The van der Waals surface area contributed by atoms with Gasteiger partial charge in [-0.3, -0.25) is 14.6 Å². The Kier molecular flexibility index (Phi) is 4.24. The highest BCUT2D eigenvalue weighted by Gasteiger charge is 2.38. The first-order chi connectivity index (χ1) is 15.2. The van der Waals surface area contributed by atoms with Crippen molar-refractivity contribution in [2.75, 3.05) is 13.1 Å². The molecule has 2 aliphatic heterocycles. The maximum atomic E-state index is 13.0. The molecule has 0 saturated carbocycles. The van der Waals surface area contributed by atoms with Gasteiger partial charge < -0.3 is 9.47 Å². The maximum Gasteiger partial charge on any atom is 0.274 e. The van der Waals surface area contributed by atoms with Gasteiger partial charge in [0.05, 0.1) is 6.20 Å².